The average molecular weight is 237 g/mol. The molecule has 1 aliphatic carbocycles. The summed E-state index contributed by atoms with van der Waals surface area (Å²) < 4.78 is 0. The minimum absolute atomic E-state index is 0.438. The van der Waals surface area contributed by atoms with E-state index in [2.05, 4.69) is 31.4 Å². The van der Waals surface area contributed by atoms with E-state index in [0.717, 1.165) is 5.92 Å². The minimum atomic E-state index is 0.438. The smallest absolute Gasteiger partial charge is 0.00676 e. The van der Waals surface area contributed by atoms with Crippen molar-refractivity contribution in [3.63, 3.8) is 0 Å². The molecule has 0 radical (unpaired) electrons. The van der Waals surface area contributed by atoms with Crippen LogP contribution in [0.5, 0.6) is 0 Å². The van der Waals surface area contributed by atoms with Crippen molar-refractivity contribution >= 4 is 11.3 Å². The summed E-state index contributed by atoms with van der Waals surface area (Å²) in [6, 6.07) is 4.82. The maximum absolute atomic E-state index is 6.24. The van der Waals surface area contributed by atoms with Crippen LogP contribution in [0.2, 0.25) is 0 Å². The topological polar surface area (TPSA) is 26.0 Å². The van der Waals surface area contributed by atoms with Crippen molar-refractivity contribution in [3.8, 4) is 0 Å². The highest BCUT2D eigenvalue weighted by Crippen LogP contribution is 2.39. The van der Waals surface area contributed by atoms with E-state index in [1.165, 1.54) is 37.0 Å². The molecular formula is C14H23NS. The molecule has 1 nitrogen and oxygen atoms in total. The Morgan fingerprint density at radius 2 is 2.31 bits per heavy atom. The Balaban J connectivity index is 1.88. The first-order chi connectivity index (χ1) is 7.57. The molecule has 2 rings (SSSR count). The summed E-state index contributed by atoms with van der Waals surface area (Å²) in [7, 11) is 0. The molecule has 1 aromatic heterocycles. The molecule has 0 spiro atoms. The van der Waals surface area contributed by atoms with Crippen molar-refractivity contribution in [1.82, 2.24) is 0 Å². The van der Waals surface area contributed by atoms with Gasteiger partial charge in [-0.2, -0.15) is 0 Å². The normalized spacial score (nSPS) is 29.2. The van der Waals surface area contributed by atoms with Crippen LogP contribution in [-0.2, 0) is 6.42 Å². The molecule has 0 aromatic carbocycles. The predicted octanol–water partition coefficient (Wildman–Crippen LogP) is 3.83. The van der Waals surface area contributed by atoms with Crippen molar-refractivity contribution in [1.29, 1.82) is 0 Å². The third kappa shape index (κ3) is 3.08. The van der Waals surface area contributed by atoms with Crippen LogP contribution in [-0.4, -0.2) is 6.04 Å². The van der Waals surface area contributed by atoms with Crippen molar-refractivity contribution < 1.29 is 0 Å². The van der Waals surface area contributed by atoms with E-state index in [4.69, 9.17) is 5.73 Å². The molecule has 2 heteroatoms. The van der Waals surface area contributed by atoms with Crippen molar-refractivity contribution in [2.24, 2.45) is 17.1 Å². The van der Waals surface area contributed by atoms with Gasteiger partial charge in [0.2, 0.25) is 0 Å². The lowest BCUT2D eigenvalue weighted by Crippen LogP contribution is -2.39. The Morgan fingerprint density at radius 1 is 1.50 bits per heavy atom. The van der Waals surface area contributed by atoms with Gasteiger partial charge in [0.1, 0.15) is 0 Å². The fraction of sp³-hybridized carbons (Fsp3) is 0.714. The molecule has 0 amide bonds. The van der Waals surface area contributed by atoms with Crippen molar-refractivity contribution in [3.05, 3.63) is 22.4 Å². The second kappa shape index (κ2) is 4.89. The molecule has 90 valence electrons. The van der Waals surface area contributed by atoms with Gasteiger partial charge in [0.25, 0.3) is 0 Å². The van der Waals surface area contributed by atoms with E-state index >= 15 is 0 Å². The van der Waals surface area contributed by atoms with Gasteiger partial charge in [0, 0.05) is 10.9 Å². The van der Waals surface area contributed by atoms with Gasteiger partial charge in [-0.05, 0) is 54.9 Å². The summed E-state index contributed by atoms with van der Waals surface area (Å²) in [5.74, 6) is 0.728. The molecule has 16 heavy (non-hydrogen) atoms. The summed E-state index contributed by atoms with van der Waals surface area (Å²) in [5.41, 5.74) is 6.75. The minimum Gasteiger partial charge on any atom is -0.327 e. The molecule has 2 N–H and O–H groups in total. The van der Waals surface area contributed by atoms with E-state index in [1.54, 1.807) is 0 Å². The second-order valence-corrected chi connectivity index (χ2v) is 6.98. The zero-order valence-electron chi connectivity index (χ0n) is 10.4. The van der Waals surface area contributed by atoms with Crippen molar-refractivity contribution in [2.45, 2.75) is 52.0 Å². The second-order valence-electron chi connectivity index (χ2n) is 5.95. The van der Waals surface area contributed by atoms with Crippen LogP contribution in [0.3, 0.4) is 0 Å². The van der Waals surface area contributed by atoms with Gasteiger partial charge in [-0.1, -0.05) is 19.9 Å². The first kappa shape index (κ1) is 12.1. The maximum atomic E-state index is 6.24. The van der Waals surface area contributed by atoms with E-state index in [0.29, 0.717) is 11.5 Å². The standard InChI is InChI=1S/C14H23NS/c1-14(2)8-7-13(15)11(10-14)5-6-12-4-3-9-16-12/h3-4,9,11,13H,5-8,10,15H2,1-2H3. The SMILES string of the molecule is CC1(C)CCC(N)C(CCc2cccs2)C1. The van der Waals surface area contributed by atoms with Crippen LogP contribution >= 0.6 is 11.3 Å². The molecule has 1 fully saturated rings. The Bertz CT molecular complexity index is 315. The Labute approximate surface area is 103 Å². The first-order valence-corrected chi connectivity index (χ1v) is 7.23. The van der Waals surface area contributed by atoms with Gasteiger partial charge < -0.3 is 5.73 Å². The fourth-order valence-electron chi connectivity index (χ4n) is 2.85. The highest BCUT2D eigenvalue weighted by Gasteiger charge is 2.32. The summed E-state index contributed by atoms with van der Waals surface area (Å²) in [5, 5.41) is 2.17. The van der Waals surface area contributed by atoms with Crippen LogP contribution in [0.25, 0.3) is 0 Å². The van der Waals surface area contributed by atoms with Gasteiger partial charge in [-0.3, -0.25) is 0 Å². The maximum Gasteiger partial charge on any atom is 0.00676 e. The lowest BCUT2D eigenvalue weighted by molar-refractivity contribution is 0.151. The molecule has 1 aliphatic rings. The van der Waals surface area contributed by atoms with Crippen LogP contribution in [0.1, 0.15) is 44.4 Å². The van der Waals surface area contributed by atoms with E-state index in [9.17, 15) is 0 Å². The third-order valence-corrected chi connectivity index (χ3v) is 4.85. The lowest BCUT2D eigenvalue weighted by atomic mass is 9.69. The zero-order chi connectivity index (χ0) is 11.6. The van der Waals surface area contributed by atoms with E-state index in [-0.39, 0.29) is 0 Å². The summed E-state index contributed by atoms with van der Waals surface area (Å²) in [6.45, 7) is 4.77. The molecule has 1 heterocycles. The van der Waals surface area contributed by atoms with Crippen LogP contribution < -0.4 is 5.73 Å². The molecule has 0 saturated heterocycles. The highest BCUT2D eigenvalue weighted by atomic mass is 32.1. The molecule has 2 unspecified atom stereocenters. The Morgan fingerprint density at radius 3 is 3.00 bits per heavy atom. The summed E-state index contributed by atoms with van der Waals surface area (Å²) >= 11 is 1.87. The summed E-state index contributed by atoms with van der Waals surface area (Å²) in [4.78, 5) is 1.51. The highest BCUT2D eigenvalue weighted by molar-refractivity contribution is 7.09. The van der Waals surface area contributed by atoms with Crippen LogP contribution in [0, 0.1) is 11.3 Å². The average Bonchev–Trinajstić information content (AvgIpc) is 2.72. The van der Waals surface area contributed by atoms with E-state index < -0.39 is 0 Å². The zero-order valence-corrected chi connectivity index (χ0v) is 11.2. The quantitative estimate of drug-likeness (QED) is 0.849. The largest absolute Gasteiger partial charge is 0.327 e. The van der Waals surface area contributed by atoms with Gasteiger partial charge in [0.05, 0.1) is 0 Å². The molecular weight excluding hydrogens is 214 g/mol. The fourth-order valence-corrected chi connectivity index (χ4v) is 3.58. The number of thiophene rings is 1. The van der Waals surface area contributed by atoms with Gasteiger partial charge in [0.15, 0.2) is 0 Å². The number of hydrogen-bond donors (Lipinski definition) is 1. The van der Waals surface area contributed by atoms with Crippen molar-refractivity contribution in [2.75, 3.05) is 0 Å². The number of aryl methyl sites for hydroxylation is 1. The van der Waals surface area contributed by atoms with Gasteiger partial charge >= 0.3 is 0 Å². The van der Waals surface area contributed by atoms with Crippen LogP contribution in [0.4, 0.5) is 0 Å². The van der Waals surface area contributed by atoms with Gasteiger partial charge in [-0.15, -0.1) is 11.3 Å². The van der Waals surface area contributed by atoms with Crippen LogP contribution in [0.15, 0.2) is 17.5 Å². The number of nitrogens with two attached hydrogens (primary N) is 1. The number of hydrogen-bond acceptors (Lipinski definition) is 2. The lowest BCUT2D eigenvalue weighted by Gasteiger charge is -2.39. The van der Waals surface area contributed by atoms with Gasteiger partial charge in [-0.25, -0.2) is 0 Å². The molecule has 2 atom stereocenters. The number of rotatable bonds is 3. The molecule has 1 aromatic rings. The Kier molecular flexibility index (Phi) is 3.70. The molecule has 0 aliphatic heterocycles. The summed E-state index contributed by atoms with van der Waals surface area (Å²) in [6.07, 6.45) is 6.29. The van der Waals surface area contributed by atoms with E-state index in [1.807, 2.05) is 11.3 Å². The first-order valence-electron chi connectivity index (χ1n) is 6.35. The molecule has 1 saturated carbocycles. The third-order valence-electron chi connectivity index (χ3n) is 3.92. The monoisotopic (exact) mass is 237 g/mol. The Hall–Kier alpha value is -0.340. The predicted molar refractivity (Wildman–Crippen MR) is 71.7 cm³/mol. The molecule has 0 bridgehead atoms.